The van der Waals surface area contributed by atoms with Crippen LogP contribution in [0.1, 0.15) is 54.8 Å². The van der Waals surface area contributed by atoms with E-state index >= 15 is 0 Å². The Kier molecular flexibility index (Phi) is 4.23. The summed E-state index contributed by atoms with van der Waals surface area (Å²) in [7, 11) is 0. The molecular formula is C14H23NOS. The van der Waals surface area contributed by atoms with E-state index in [4.69, 9.17) is 0 Å². The summed E-state index contributed by atoms with van der Waals surface area (Å²) in [6, 6.07) is 4.69. The standard InChI is InChI=1S/C14H23NOS/c1-11-6-7-13(17-11)12(2)15-10-14(16)8-4-3-5-9-14/h6-7,12,15-16H,3-5,8-10H2,1-2H3. The molecule has 2 nitrogen and oxygen atoms in total. The topological polar surface area (TPSA) is 32.3 Å². The first-order valence-electron chi connectivity index (χ1n) is 6.61. The predicted octanol–water partition coefficient (Wildman–Crippen LogP) is 3.40. The lowest BCUT2D eigenvalue weighted by Gasteiger charge is -2.33. The highest BCUT2D eigenvalue weighted by atomic mass is 32.1. The third-order valence-corrected chi connectivity index (χ3v) is 4.89. The van der Waals surface area contributed by atoms with Crippen LogP contribution in [0.2, 0.25) is 0 Å². The Hall–Kier alpha value is -0.380. The summed E-state index contributed by atoms with van der Waals surface area (Å²) in [4.78, 5) is 2.71. The van der Waals surface area contributed by atoms with Crippen molar-refractivity contribution in [2.24, 2.45) is 0 Å². The summed E-state index contributed by atoms with van der Waals surface area (Å²) in [6.07, 6.45) is 5.53. The van der Waals surface area contributed by atoms with Crippen LogP contribution in [0.3, 0.4) is 0 Å². The van der Waals surface area contributed by atoms with Crippen LogP contribution in [0, 0.1) is 6.92 Å². The zero-order chi connectivity index (χ0) is 12.3. The zero-order valence-electron chi connectivity index (χ0n) is 10.8. The molecule has 1 aliphatic carbocycles. The monoisotopic (exact) mass is 253 g/mol. The molecule has 1 fully saturated rings. The van der Waals surface area contributed by atoms with Crippen LogP contribution in [0.4, 0.5) is 0 Å². The van der Waals surface area contributed by atoms with Crippen molar-refractivity contribution in [3.63, 3.8) is 0 Å². The van der Waals surface area contributed by atoms with Gasteiger partial charge in [0.1, 0.15) is 0 Å². The van der Waals surface area contributed by atoms with E-state index in [0.717, 1.165) is 19.4 Å². The maximum atomic E-state index is 10.4. The van der Waals surface area contributed by atoms with Crippen molar-refractivity contribution in [1.82, 2.24) is 5.32 Å². The molecule has 2 rings (SSSR count). The number of aryl methyl sites for hydroxylation is 1. The van der Waals surface area contributed by atoms with Crippen LogP contribution in [-0.2, 0) is 0 Å². The number of thiophene rings is 1. The van der Waals surface area contributed by atoms with Crippen LogP contribution >= 0.6 is 11.3 Å². The average molecular weight is 253 g/mol. The van der Waals surface area contributed by atoms with E-state index in [0.29, 0.717) is 6.04 Å². The first kappa shape index (κ1) is 13.1. The minimum absolute atomic E-state index is 0.347. The molecule has 1 atom stereocenters. The molecule has 3 heteroatoms. The van der Waals surface area contributed by atoms with Crippen molar-refractivity contribution in [1.29, 1.82) is 0 Å². The van der Waals surface area contributed by atoms with Gasteiger partial charge in [0, 0.05) is 22.3 Å². The fourth-order valence-corrected chi connectivity index (χ4v) is 3.42. The van der Waals surface area contributed by atoms with Crippen molar-refractivity contribution in [3.8, 4) is 0 Å². The predicted molar refractivity (Wildman–Crippen MR) is 73.5 cm³/mol. The van der Waals surface area contributed by atoms with Gasteiger partial charge < -0.3 is 10.4 Å². The number of aliphatic hydroxyl groups is 1. The van der Waals surface area contributed by atoms with Gasteiger partial charge in [-0.2, -0.15) is 0 Å². The second-order valence-corrected chi connectivity index (χ2v) is 6.66. The van der Waals surface area contributed by atoms with Gasteiger partial charge in [-0.3, -0.25) is 0 Å². The lowest BCUT2D eigenvalue weighted by atomic mass is 9.85. The minimum Gasteiger partial charge on any atom is -0.389 e. The SMILES string of the molecule is Cc1ccc(C(C)NCC2(O)CCCCC2)s1. The van der Waals surface area contributed by atoms with Crippen LogP contribution in [0.25, 0.3) is 0 Å². The average Bonchev–Trinajstić information content (AvgIpc) is 2.74. The molecule has 1 saturated carbocycles. The quantitative estimate of drug-likeness (QED) is 0.862. The van der Waals surface area contributed by atoms with Gasteiger partial charge in [-0.05, 0) is 38.8 Å². The Labute approximate surface area is 108 Å². The van der Waals surface area contributed by atoms with Crippen LogP contribution < -0.4 is 5.32 Å². The van der Waals surface area contributed by atoms with E-state index in [1.807, 2.05) is 11.3 Å². The number of hydrogen-bond donors (Lipinski definition) is 2. The molecule has 17 heavy (non-hydrogen) atoms. The maximum absolute atomic E-state index is 10.4. The fourth-order valence-electron chi connectivity index (χ4n) is 2.52. The van der Waals surface area contributed by atoms with Crippen LogP contribution in [-0.4, -0.2) is 17.3 Å². The molecule has 1 heterocycles. The molecule has 0 bridgehead atoms. The Morgan fingerprint density at radius 1 is 1.35 bits per heavy atom. The smallest absolute Gasteiger partial charge is 0.0771 e. The summed E-state index contributed by atoms with van der Waals surface area (Å²) in [6.45, 7) is 5.04. The highest BCUT2D eigenvalue weighted by molar-refractivity contribution is 7.12. The van der Waals surface area contributed by atoms with E-state index < -0.39 is 5.60 Å². The van der Waals surface area contributed by atoms with Gasteiger partial charge in [0.25, 0.3) is 0 Å². The number of hydrogen-bond acceptors (Lipinski definition) is 3. The molecule has 0 spiro atoms. The highest BCUT2D eigenvalue weighted by Gasteiger charge is 2.29. The van der Waals surface area contributed by atoms with Crippen molar-refractivity contribution in [2.75, 3.05) is 6.54 Å². The van der Waals surface area contributed by atoms with Crippen molar-refractivity contribution >= 4 is 11.3 Å². The molecule has 1 aliphatic rings. The highest BCUT2D eigenvalue weighted by Crippen LogP contribution is 2.29. The molecule has 1 aromatic rings. The summed E-state index contributed by atoms with van der Waals surface area (Å²) in [5.41, 5.74) is -0.460. The third-order valence-electron chi connectivity index (χ3n) is 3.71. The van der Waals surface area contributed by atoms with Crippen molar-refractivity contribution in [3.05, 3.63) is 21.9 Å². The minimum atomic E-state index is -0.460. The Morgan fingerprint density at radius 2 is 2.06 bits per heavy atom. The van der Waals surface area contributed by atoms with Gasteiger partial charge >= 0.3 is 0 Å². The summed E-state index contributed by atoms with van der Waals surface area (Å²) in [5.74, 6) is 0. The largest absolute Gasteiger partial charge is 0.389 e. The molecule has 0 amide bonds. The molecule has 0 aliphatic heterocycles. The summed E-state index contributed by atoms with van der Waals surface area (Å²) < 4.78 is 0. The molecule has 1 aromatic heterocycles. The van der Waals surface area contributed by atoms with Crippen molar-refractivity contribution in [2.45, 2.75) is 57.6 Å². The van der Waals surface area contributed by atoms with Gasteiger partial charge in [-0.1, -0.05) is 19.3 Å². The van der Waals surface area contributed by atoms with Gasteiger partial charge in [0.15, 0.2) is 0 Å². The normalized spacial score (nSPS) is 21.4. The van der Waals surface area contributed by atoms with Crippen LogP contribution in [0.5, 0.6) is 0 Å². The van der Waals surface area contributed by atoms with Crippen molar-refractivity contribution < 1.29 is 5.11 Å². The fraction of sp³-hybridized carbons (Fsp3) is 0.714. The second-order valence-electron chi connectivity index (χ2n) is 5.34. The van der Waals surface area contributed by atoms with Crippen LogP contribution in [0.15, 0.2) is 12.1 Å². The Balaban J connectivity index is 1.85. The molecule has 2 N–H and O–H groups in total. The number of nitrogens with one attached hydrogen (secondary N) is 1. The van der Waals surface area contributed by atoms with E-state index in [2.05, 4.69) is 31.3 Å². The third kappa shape index (κ3) is 3.54. The maximum Gasteiger partial charge on any atom is 0.0771 e. The van der Waals surface area contributed by atoms with Gasteiger partial charge in [0.05, 0.1) is 5.60 Å². The summed E-state index contributed by atoms with van der Waals surface area (Å²) >= 11 is 1.84. The number of rotatable bonds is 4. The Morgan fingerprint density at radius 3 is 2.65 bits per heavy atom. The van der Waals surface area contributed by atoms with Gasteiger partial charge in [-0.25, -0.2) is 0 Å². The van der Waals surface area contributed by atoms with E-state index in [9.17, 15) is 5.11 Å². The molecular weight excluding hydrogens is 230 g/mol. The first-order valence-corrected chi connectivity index (χ1v) is 7.43. The molecule has 0 aromatic carbocycles. The molecule has 0 saturated heterocycles. The van der Waals surface area contributed by atoms with Gasteiger partial charge in [-0.15, -0.1) is 11.3 Å². The zero-order valence-corrected chi connectivity index (χ0v) is 11.6. The molecule has 1 unspecified atom stereocenters. The lowest BCUT2D eigenvalue weighted by molar-refractivity contribution is 0.00308. The van der Waals surface area contributed by atoms with E-state index in [-0.39, 0.29) is 0 Å². The molecule has 96 valence electrons. The van der Waals surface area contributed by atoms with E-state index in [1.54, 1.807) is 0 Å². The lowest BCUT2D eigenvalue weighted by Crippen LogP contribution is -2.42. The summed E-state index contributed by atoms with van der Waals surface area (Å²) in [5, 5.41) is 13.9. The van der Waals surface area contributed by atoms with E-state index in [1.165, 1.54) is 29.0 Å². The second kappa shape index (κ2) is 5.51. The van der Waals surface area contributed by atoms with Gasteiger partial charge in [0.2, 0.25) is 0 Å². The molecule has 0 radical (unpaired) electrons. The Bertz CT molecular complexity index is 355. The first-order chi connectivity index (χ1) is 8.09.